The fourth-order valence-electron chi connectivity index (χ4n) is 3.87. The van der Waals surface area contributed by atoms with Gasteiger partial charge in [0.05, 0.1) is 18.1 Å². The summed E-state index contributed by atoms with van der Waals surface area (Å²) in [5.74, 6) is 0.953. The minimum atomic E-state index is -3.22. The zero-order valence-corrected chi connectivity index (χ0v) is 18.1. The molecule has 4 heterocycles. The van der Waals surface area contributed by atoms with Crippen LogP contribution in [0, 0.1) is 5.92 Å². The number of rotatable bonds is 6. The van der Waals surface area contributed by atoms with E-state index >= 15 is 0 Å². The smallest absolute Gasteiger partial charge is 0.282 e. The number of aromatic nitrogens is 4. The molecular formula is C20H24F2N6O2S. The van der Waals surface area contributed by atoms with E-state index in [2.05, 4.69) is 20.0 Å². The Balaban J connectivity index is 1.59. The van der Waals surface area contributed by atoms with Gasteiger partial charge in [-0.25, -0.2) is 36.0 Å². The first-order chi connectivity index (χ1) is 14.7. The van der Waals surface area contributed by atoms with Crippen LogP contribution in [0.25, 0.3) is 16.9 Å². The molecule has 1 aliphatic heterocycles. The average Bonchev–Trinajstić information content (AvgIpc) is 3.16. The molecule has 11 heteroatoms. The molecule has 0 saturated carbocycles. The minimum absolute atomic E-state index is 0.199. The third-order valence-electron chi connectivity index (χ3n) is 5.57. The minimum Gasteiger partial charge on any atom is -0.356 e. The molecule has 1 atom stereocenters. The van der Waals surface area contributed by atoms with Crippen molar-refractivity contribution in [1.29, 1.82) is 0 Å². The first-order valence-corrected chi connectivity index (χ1v) is 11.8. The Morgan fingerprint density at radius 3 is 2.81 bits per heavy atom. The summed E-state index contributed by atoms with van der Waals surface area (Å²) >= 11 is 0. The maximum Gasteiger partial charge on any atom is 0.282 e. The zero-order chi connectivity index (χ0) is 22.2. The Bertz CT molecular complexity index is 1180. The van der Waals surface area contributed by atoms with Gasteiger partial charge < -0.3 is 4.90 Å². The van der Waals surface area contributed by atoms with Crippen LogP contribution in [0.5, 0.6) is 0 Å². The Labute approximate surface area is 179 Å². The molecule has 0 N–H and O–H groups in total. The summed E-state index contributed by atoms with van der Waals surface area (Å²) in [5.41, 5.74) is 1.55. The van der Waals surface area contributed by atoms with Crippen molar-refractivity contribution in [2.24, 2.45) is 5.92 Å². The van der Waals surface area contributed by atoms with Crippen molar-refractivity contribution in [2.45, 2.75) is 19.3 Å². The Hall–Kier alpha value is -2.66. The molecule has 1 aliphatic rings. The molecule has 0 aromatic carbocycles. The lowest BCUT2D eigenvalue weighted by Gasteiger charge is -2.35. The highest BCUT2D eigenvalue weighted by molar-refractivity contribution is 7.88. The third-order valence-corrected chi connectivity index (χ3v) is 6.85. The van der Waals surface area contributed by atoms with Gasteiger partial charge in [-0.2, -0.15) is 5.10 Å². The van der Waals surface area contributed by atoms with E-state index in [1.54, 1.807) is 25.5 Å². The maximum absolute atomic E-state index is 13.1. The molecule has 1 unspecified atom stereocenters. The molecular weight excluding hydrogens is 426 g/mol. The number of pyridine rings is 1. The number of hydrogen-bond acceptors (Lipinski definition) is 6. The highest BCUT2D eigenvalue weighted by Crippen LogP contribution is 2.28. The van der Waals surface area contributed by atoms with Gasteiger partial charge >= 0.3 is 0 Å². The first-order valence-electron chi connectivity index (χ1n) is 9.98. The number of anilines is 1. The van der Waals surface area contributed by atoms with Crippen LogP contribution in [0.4, 0.5) is 14.6 Å². The standard InChI is InChI=1S/C20H24F2N6O2S/c1-26(31(2,29)30)12-14-4-3-9-27(13-14)19-10-15(7-8-23-19)17-11-24-18-6-5-16(20(21)22)25-28(17)18/h5-8,10-11,14,20H,3-4,9,12-13H2,1-2H3. The van der Waals surface area contributed by atoms with E-state index in [0.29, 0.717) is 24.4 Å². The van der Waals surface area contributed by atoms with E-state index in [1.165, 1.54) is 27.2 Å². The lowest BCUT2D eigenvalue weighted by molar-refractivity contribution is 0.144. The van der Waals surface area contributed by atoms with Crippen molar-refractivity contribution in [3.63, 3.8) is 0 Å². The number of sulfonamides is 1. The maximum atomic E-state index is 13.1. The van der Waals surface area contributed by atoms with Gasteiger partial charge in [-0.05, 0) is 43.0 Å². The SMILES string of the molecule is CN(CC1CCCN(c2cc(-c3cnc4ccc(C(F)F)nn34)ccn2)C1)S(C)(=O)=O. The number of hydrogen-bond donors (Lipinski definition) is 0. The van der Waals surface area contributed by atoms with Crippen LogP contribution in [0.3, 0.4) is 0 Å². The van der Waals surface area contributed by atoms with Crippen molar-refractivity contribution >= 4 is 21.5 Å². The fraction of sp³-hybridized carbons (Fsp3) is 0.450. The normalized spacial score (nSPS) is 17.7. The molecule has 1 saturated heterocycles. The number of nitrogens with zero attached hydrogens (tertiary/aromatic N) is 6. The van der Waals surface area contributed by atoms with Gasteiger partial charge in [0.25, 0.3) is 6.43 Å². The van der Waals surface area contributed by atoms with Crippen LogP contribution < -0.4 is 4.90 Å². The van der Waals surface area contributed by atoms with Crippen LogP contribution in [0.2, 0.25) is 0 Å². The Morgan fingerprint density at radius 1 is 1.26 bits per heavy atom. The average molecular weight is 451 g/mol. The summed E-state index contributed by atoms with van der Waals surface area (Å²) in [6.45, 7) is 1.97. The van der Waals surface area contributed by atoms with E-state index in [1.807, 2.05) is 6.07 Å². The molecule has 0 bridgehead atoms. The van der Waals surface area contributed by atoms with E-state index in [0.717, 1.165) is 30.8 Å². The van der Waals surface area contributed by atoms with E-state index in [-0.39, 0.29) is 11.6 Å². The van der Waals surface area contributed by atoms with Gasteiger partial charge in [0.15, 0.2) is 5.65 Å². The largest absolute Gasteiger partial charge is 0.356 e. The summed E-state index contributed by atoms with van der Waals surface area (Å²) in [4.78, 5) is 10.9. The van der Waals surface area contributed by atoms with E-state index < -0.39 is 16.4 Å². The molecule has 31 heavy (non-hydrogen) atoms. The number of fused-ring (bicyclic) bond motifs is 1. The molecule has 3 aromatic rings. The Morgan fingerprint density at radius 2 is 2.06 bits per heavy atom. The number of imidazole rings is 1. The van der Waals surface area contributed by atoms with Crippen LogP contribution >= 0.6 is 0 Å². The van der Waals surface area contributed by atoms with Crippen molar-refractivity contribution in [3.05, 3.63) is 42.4 Å². The van der Waals surface area contributed by atoms with Gasteiger partial charge in [-0.15, -0.1) is 0 Å². The number of halogens is 2. The van der Waals surface area contributed by atoms with Gasteiger partial charge in [0, 0.05) is 38.4 Å². The lowest BCUT2D eigenvalue weighted by Crippen LogP contribution is -2.41. The summed E-state index contributed by atoms with van der Waals surface area (Å²) in [6.07, 6.45) is 3.71. The summed E-state index contributed by atoms with van der Waals surface area (Å²) in [6, 6.07) is 6.48. The van der Waals surface area contributed by atoms with Crippen molar-refractivity contribution < 1.29 is 17.2 Å². The van der Waals surface area contributed by atoms with E-state index in [9.17, 15) is 17.2 Å². The molecule has 0 aliphatic carbocycles. The van der Waals surface area contributed by atoms with Crippen LogP contribution in [0.1, 0.15) is 25.0 Å². The molecule has 3 aromatic heterocycles. The van der Waals surface area contributed by atoms with Gasteiger partial charge in [0.2, 0.25) is 10.0 Å². The molecule has 0 spiro atoms. The fourth-order valence-corrected chi connectivity index (χ4v) is 4.35. The number of alkyl halides is 2. The monoisotopic (exact) mass is 450 g/mol. The highest BCUT2D eigenvalue weighted by Gasteiger charge is 2.25. The topological polar surface area (TPSA) is 83.7 Å². The summed E-state index contributed by atoms with van der Waals surface area (Å²) in [5, 5.41) is 4.03. The van der Waals surface area contributed by atoms with Crippen molar-refractivity contribution in [1.82, 2.24) is 23.9 Å². The number of piperidine rings is 1. The molecule has 8 nitrogen and oxygen atoms in total. The van der Waals surface area contributed by atoms with Crippen LogP contribution in [0.15, 0.2) is 36.7 Å². The molecule has 166 valence electrons. The second kappa shape index (κ2) is 8.46. The van der Waals surface area contributed by atoms with Crippen molar-refractivity contribution in [3.8, 4) is 11.3 Å². The molecule has 0 radical (unpaired) electrons. The van der Waals surface area contributed by atoms with Gasteiger partial charge in [0.1, 0.15) is 11.5 Å². The second-order valence-corrected chi connectivity index (χ2v) is 9.96. The summed E-state index contributed by atoms with van der Waals surface area (Å²) < 4.78 is 52.5. The second-order valence-electron chi connectivity index (χ2n) is 7.87. The lowest BCUT2D eigenvalue weighted by atomic mass is 9.98. The van der Waals surface area contributed by atoms with Gasteiger partial charge in [-0.1, -0.05) is 0 Å². The first kappa shape index (κ1) is 21.6. The summed E-state index contributed by atoms with van der Waals surface area (Å²) in [7, 11) is -1.63. The van der Waals surface area contributed by atoms with Gasteiger partial charge in [-0.3, -0.25) is 0 Å². The highest BCUT2D eigenvalue weighted by atomic mass is 32.2. The third kappa shape index (κ3) is 4.67. The molecule has 1 fully saturated rings. The van der Waals surface area contributed by atoms with Crippen LogP contribution in [-0.4, -0.2) is 65.2 Å². The van der Waals surface area contributed by atoms with Crippen molar-refractivity contribution in [2.75, 3.05) is 37.8 Å². The molecule has 4 rings (SSSR count). The molecule has 0 amide bonds. The van der Waals surface area contributed by atoms with E-state index in [4.69, 9.17) is 0 Å². The zero-order valence-electron chi connectivity index (χ0n) is 17.3. The predicted octanol–water partition coefficient (Wildman–Crippen LogP) is 2.84. The quantitative estimate of drug-likeness (QED) is 0.574. The Kier molecular flexibility index (Phi) is 5.89. The van der Waals surface area contributed by atoms with Crippen LogP contribution in [-0.2, 0) is 10.0 Å². The predicted molar refractivity (Wildman–Crippen MR) is 114 cm³/mol.